The summed E-state index contributed by atoms with van der Waals surface area (Å²) in [5.41, 5.74) is 7.52. The number of nitrogens with zero attached hydrogens (tertiary/aromatic N) is 1. The van der Waals surface area contributed by atoms with Crippen molar-refractivity contribution in [3.63, 3.8) is 0 Å². The van der Waals surface area contributed by atoms with E-state index in [0.717, 1.165) is 5.56 Å². The Labute approximate surface area is 81.8 Å². The lowest BCUT2D eigenvalue weighted by Crippen LogP contribution is -1.97. The van der Waals surface area contributed by atoms with E-state index in [4.69, 9.17) is 10.8 Å². The summed E-state index contributed by atoms with van der Waals surface area (Å²) in [5, 5.41) is 8.36. The Morgan fingerprint density at radius 1 is 1.71 bits per heavy atom. The highest BCUT2D eigenvalue weighted by molar-refractivity contribution is 5.70. The number of hydrogen-bond donors (Lipinski definition) is 2. The maximum atomic E-state index is 10.2. The zero-order chi connectivity index (χ0) is 10.6. The number of aliphatic carboxylic acids is 1. The molecule has 0 saturated carbocycles. The lowest BCUT2D eigenvalue weighted by Gasteiger charge is -1.99. The average molecular weight is 190 g/mol. The fourth-order valence-electron chi connectivity index (χ4n) is 0.873. The first-order valence-corrected chi connectivity index (χ1v) is 4.03. The van der Waals surface area contributed by atoms with Gasteiger partial charge < -0.3 is 10.8 Å². The SMILES string of the molecule is Cc1ccnc(C#CCC(=O)O)c1N. The van der Waals surface area contributed by atoms with E-state index in [1.165, 1.54) is 0 Å². The molecule has 0 aliphatic rings. The van der Waals surface area contributed by atoms with Crippen LogP contribution < -0.4 is 5.73 Å². The Kier molecular flexibility index (Phi) is 3.08. The van der Waals surface area contributed by atoms with Gasteiger partial charge in [-0.3, -0.25) is 4.79 Å². The summed E-state index contributed by atoms with van der Waals surface area (Å²) < 4.78 is 0. The molecule has 0 atom stereocenters. The summed E-state index contributed by atoms with van der Waals surface area (Å²) >= 11 is 0. The highest BCUT2D eigenvalue weighted by atomic mass is 16.4. The fraction of sp³-hybridized carbons (Fsp3) is 0.200. The number of pyridine rings is 1. The second-order valence-electron chi connectivity index (χ2n) is 2.76. The van der Waals surface area contributed by atoms with Crippen molar-refractivity contribution in [2.75, 3.05) is 5.73 Å². The third kappa shape index (κ3) is 2.49. The predicted octanol–water partition coefficient (Wildman–Crippen LogP) is 0.798. The van der Waals surface area contributed by atoms with Gasteiger partial charge in [-0.15, -0.1) is 0 Å². The van der Waals surface area contributed by atoms with Gasteiger partial charge in [-0.2, -0.15) is 0 Å². The van der Waals surface area contributed by atoms with Crippen LogP contribution in [0.1, 0.15) is 17.7 Å². The summed E-state index contributed by atoms with van der Waals surface area (Å²) in [7, 11) is 0. The van der Waals surface area contributed by atoms with Gasteiger partial charge in [-0.1, -0.05) is 5.92 Å². The lowest BCUT2D eigenvalue weighted by atomic mass is 10.2. The molecule has 14 heavy (non-hydrogen) atoms. The van der Waals surface area contributed by atoms with Crippen molar-refractivity contribution in [1.82, 2.24) is 4.98 Å². The van der Waals surface area contributed by atoms with Crippen LogP contribution in [0.3, 0.4) is 0 Å². The molecule has 0 saturated heterocycles. The third-order valence-electron chi connectivity index (χ3n) is 1.65. The monoisotopic (exact) mass is 190 g/mol. The first-order valence-electron chi connectivity index (χ1n) is 4.03. The maximum Gasteiger partial charge on any atom is 0.315 e. The second-order valence-corrected chi connectivity index (χ2v) is 2.76. The molecule has 0 aliphatic heterocycles. The molecule has 0 spiro atoms. The van der Waals surface area contributed by atoms with E-state index in [2.05, 4.69) is 16.8 Å². The Morgan fingerprint density at radius 3 is 3.07 bits per heavy atom. The van der Waals surface area contributed by atoms with Gasteiger partial charge in [0.25, 0.3) is 0 Å². The quantitative estimate of drug-likeness (QED) is 0.642. The van der Waals surface area contributed by atoms with Crippen molar-refractivity contribution in [2.24, 2.45) is 0 Å². The van der Waals surface area contributed by atoms with Crippen LogP contribution in [0.15, 0.2) is 12.3 Å². The summed E-state index contributed by atoms with van der Waals surface area (Å²) in [6, 6.07) is 1.78. The van der Waals surface area contributed by atoms with Crippen molar-refractivity contribution < 1.29 is 9.90 Å². The Balaban J connectivity index is 2.90. The topological polar surface area (TPSA) is 76.2 Å². The molecule has 1 rings (SSSR count). The largest absolute Gasteiger partial charge is 0.481 e. The Bertz CT molecular complexity index is 416. The number of rotatable bonds is 1. The number of carbonyl (C=O) groups is 1. The van der Waals surface area contributed by atoms with E-state index in [9.17, 15) is 4.79 Å². The molecule has 0 aliphatic carbocycles. The molecule has 4 heteroatoms. The van der Waals surface area contributed by atoms with Crippen LogP contribution in [0.25, 0.3) is 0 Å². The zero-order valence-electron chi connectivity index (χ0n) is 7.74. The van der Waals surface area contributed by atoms with Crippen LogP contribution in [0.4, 0.5) is 5.69 Å². The number of nitrogens with two attached hydrogens (primary N) is 1. The van der Waals surface area contributed by atoms with E-state index >= 15 is 0 Å². The van der Waals surface area contributed by atoms with Gasteiger partial charge in [0.1, 0.15) is 12.1 Å². The summed E-state index contributed by atoms with van der Waals surface area (Å²) in [5.74, 6) is 4.14. The molecule has 0 unspecified atom stereocenters. The highest BCUT2D eigenvalue weighted by Gasteiger charge is 1.99. The number of anilines is 1. The Morgan fingerprint density at radius 2 is 2.43 bits per heavy atom. The number of carboxylic acid groups (broad SMARTS) is 1. The summed E-state index contributed by atoms with van der Waals surface area (Å²) in [4.78, 5) is 14.1. The fourth-order valence-corrected chi connectivity index (χ4v) is 0.873. The van der Waals surface area contributed by atoms with E-state index in [-0.39, 0.29) is 6.42 Å². The smallest absolute Gasteiger partial charge is 0.315 e. The maximum absolute atomic E-state index is 10.2. The molecule has 3 N–H and O–H groups in total. The number of aryl methyl sites for hydroxylation is 1. The molecule has 1 aromatic heterocycles. The van der Waals surface area contributed by atoms with Gasteiger partial charge in [0.2, 0.25) is 0 Å². The van der Waals surface area contributed by atoms with E-state index in [1.54, 1.807) is 12.3 Å². The van der Waals surface area contributed by atoms with Gasteiger partial charge >= 0.3 is 5.97 Å². The third-order valence-corrected chi connectivity index (χ3v) is 1.65. The van der Waals surface area contributed by atoms with Crippen LogP contribution in [-0.4, -0.2) is 16.1 Å². The van der Waals surface area contributed by atoms with Crippen molar-refractivity contribution in [3.8, 4) is 11.8 Å². The van der Waals surface area contributed by atoms with E-state index < -0.39 is 5.97 Å². The van der Waals surface area contributed by atoms with Gasteiger partial charge in [-0.25, -0.2) is 4.98 Å². The number of aromatic nitrogens is 1. The predicted molar refractivity (Wildman–Crippen MR) is 52.5 cm³/mol. The molecular weight excluding hydrogens is 180 g/mol. The first-order chi connectivity index (χ1) is 6.61. The van der Waals surface area contributed by atoms with Crippen molar-refractivity contribution in [1.29, 1.82) is 0 Å². The first kappa shape index (κ1) is 10.1. The summed E-state index contributed by atoms with van der Waals surface area (Å²) in [6.07, 6.45) is 1.39. The van der Waals surface area contributed by atoms with E-state index in [0.29, 0.717) is 11.4 Å². The molecular formula is C10H10N2O2. The molecule has 1 aromatic rings. The van der Waals surface area contributed by atoms with Gasteiger partial charge in [0.05, 0.1) is 5.69 Å². The van der Waals surface area contributed by atoms with Crippen LogP contribution in [-0.2, 0) is 4.79 Å². The normalized spacial score (nSPS) is 8.93. The van der Waals surface area contributed by atoms with Crippen LogP contribution >= 0.6 is 0 Å². The highest BCUT2D eigenvalue weighted by Crippen LogP contribution is 2.11. The lowest BCUT2D eigenvalue weighted by molar-refractivity contribution is -0.135. The zero-order valence-corrected chi connectivity index (χ0v) is 7.74. The Hall–Kier alpha value is -2.02. The molecule has 0 amide bonds. The minimum absolute atomic E-state index is 0.199. The van der Waals surface area contributed by atoms with Gasteiger partial charge in [0.15, 0.2) is 0 Å². The molecule has 0 fully saturated rings. The molecule has 0 bridgehead atoms. The van der Waals surface area contributed by atoms with Gasteiger partial charge in [-0.05, 0) is 24.5 Å². The minimum atomic E-state index is -0.955. The number of nitrogen functional groups attached to an aromatic ring is 1. The number of hydrogen-bond acceptors (Lipinski definition) is 3. The van der Waals surface area contributed by atoms with Crippen molar-refractivity contribution in [2.45, 2.75) is 13.3 Å². The number of carboxylic acids is 1. The molecule has 0 aromatic carbocycles. The van der Waals surface area contributed by atoms with Gasteiger partial charge in [0, 0.05) is 6.20 Å². The van der Waals surface area contributed by atoms with Crippen LogP contribution in [0.5, 0.6) is 0 Å². The van der Waals surface area contributed by atoms with Crippen molar-refractivity contribution >= 4 is 11.7 Å². The average Bonchev–Trinajstić information content (AvgIpc) is 2.12. The molecule has 72 valence electrons. The van der Waals surface area contributed by atoms with Crippen LogP contribution in [0, 0.1) is 18.8 Å². The minimum Gasteiger partial charge on any atom is -0.481 e. The molecule has 4 nitrogen and oxygen atoms in total. The standard InChI is InChI=1S/C10H10N2O2/c1-7-5-6-12-8(10(7)11)3-2-4-9(13)14/h5-6H,4,11H2,1H3,(H,13,14). The molecule has 0 radical (unpaired) electrons. The van der Waals surface area contributed by atoms with E-state index in [1.807, 2.05) is 6.92 Å². The van der Waals surface area contributed by atoms with Crippen LogP contribution in [0.2, 0.25) is 0 Å². The second kappa shape index (κ2) is 4.28. The van der Waals surface area contributed by atoms with Crippen molar-refractivity contribution in [3.05, 3.63) is 23.5 Å². The summed E-state index contributed by atoms with van der Waals surface area (Å²) in [6.45, 7) is 1.85. The molecule has 1 heterocycles.